The van der Waals surface area contributed by atoms with E-state index in [1.807, 2.05) is 12.1 Å². The first-order valence-electron chi connectivity index (χ1n) is 16.4. The van der Waals surface area contributed by atoms with Crippen molar-refractivity contribution < 1.29 is 0 Å². The van der Waals surface area contributed by atoms with E-state index in [1.54, 1.807) is 0 Å². The second-order valence-corrected chi connectivity index (χ2v) is 13.4. The largest absolute Gasteiger partial charge is 0.277 e. The van der Waals surface area contributed by atoms with Crippen LogP contribution in [-0.4, -0.2) is 14.5 Å². The zero-order valence-corrected chi connectivity index (χ0v) is 26.3. The van der Waals surface area contributed by atoms with Gasteiger partial charge in [-0.15, -0.1) is 0 Å². The first-order valence-corrected chi connectivity index (χ1v) is 16.4. The van der Waals surface area contributed by atoms with Crippen LogP contribution in [0.3, 0.4) is 0 Å². The summed E-state index contributed by atoms with van der Waals surface area (Å²) in [6, 6.07) is 45.6. The van der Waals surface area contributed by atoms with Crippen LogP contribution in [0.1, 0.15) is 36.1 Å². The number of fused-ring (bicyclic) bond motifs is 8. The molecule has 8 aromatic rings. The molecule has 2 heterocycles. The Balaban J connectivity index is 1.35. The highest BCUT2D eigenvalue weighted by molar-refractivity contribution is 6.20. The van der Waals surface area contributed by atoms with E-state index >= 15 is 0 Å². The van der Waals surface area contributed by atoms with Crippen LogP contribution in [0.25, 0.3) is 78.2 Å². The summed E-state index contributed by atoms with van der Waals surface area (Å²) in [5.41, 5.74) is 14.3. The van der Waals surface area contributed by atoms with Crippen LogP contribution in [0.4, 0.5) is 0 Å². The summed E-state index contributed by atoms with van der Waals surface area (Å²) in [4.78, 5) is 10.6. The fourth-order valence-electron chi connectivity index (χ4n) is 8.33. The predicted molar refractivity (Wildman–Crippen MR) is 195 cm³/mol. The smallest absolute Gasteiger partial charge is 0.235 e. The molecule has 2 aliphatic carbocycles. The molecule has 6 aromatic carbocycles. The van der Waals surface area contributed by atoms with Crippen molar-refractivity contribution in [2.45, 2.75) is 25.7 Å². The van der Waals surface area contributed by atoms with Crippen molar-refractivity contribution in [1.29, 1.82) is 0 Å². The maximum atomic E-state index is 5.30. The van der Waals surface area contributed by atoms with Crippen LogP contribution < -0.4 is 0 Å². The van der Waals surface area contributed by atoms with Gasteiger partial charge in [-0.05, 0) is 69.3 Å². The number of rotatable bonds is 3. The number of nitrogens with zero attached hydrogens (tertiary/aromatic N) is 3. The minimum Gasteiger partial charge on any atom is -0.277 e. The van der Waals surface area contributed by atoms with Gasteiger partial charge in [0.05, 0.1) is 22.4 Å². The van der Waals surface area contributed by atoms with Gasteiger partial charge in [-0.1, -0.05) is 129 Å². The van der Waals surface area contributed by atoms with E-state index in [1.165, 1.54) is 54.9 Å². The minimum atomic E-state index is -0.105. The number of allylic oxidation sites excluding steroid dienone is 1. The van der Waals surface area contributed by atoms with E-state index in [9.17, 15) is 0 Å². The monoisotopic (exact) mass is 601 g/mol. The average Bonchev–Trinajstić information content (AvgIpc) is 3.58. The summed E-state index contributed by atoms with van der Waals surface area (Å²) < 4.78 is 2.31. The Bertz CT molecular complexity index is 2550. The second kappa shape index (κ2) is 9.60. The summed E-state index contributed by atoms with van der Waals surface area (Å²) >= 11 is 0. The fourth-order valence-corrected chi connectivity index (χ4v) is 8.33. The normalized spacial score (nSPS) is 14.2. The third-order valence-electron chi connectivity index (χ3n) is 10.4. The second-order valence-electron chi connectivity index (χ2n) is 13.4. The molecule has 0 saturated heterocycles. The molecule has 2 aromatic heterocycles. The lowest BCUT2D eigenvalue weighted by molar-refractivity contribution is 0.666. The van der Waals surface area contributed by atoms with Crippen LogP contribution in [0.2, 0.25) is 0 Å². The Labute approximate surface area is 273 Å². The lowest BCUT2D eigenvalue weighted by atomic mass is 9.78. The molecular formula is C44H31N3. The molecule has 0 bridgehead atoms. The Kier molecular flexibility index (Phi) is 5.40. The summed E-state index contributed by atoms with van der Waals surface area (Å²) in [6.07, 6.45) is 5.59. The quantitative estimate of drug-likeness (QED) is 0.202. The highest BCUT2D eigenvalue weighted by atomic mass is 15.2. The van der Waals surface area contributed by atoms with Gasteiger partial charge in [-0.25, -0.2) is 9.97 Å². The number of para-hydroxylation sites is 1. The molecule has 222 valence electrons. The number of benzene rings is 6. The summed E-state index contributed by atoms with van der Waals surface area (Å²) in [5, 5.41) is 5.15. The Morgan fingerprint density at radius 2 is 1.28 bits per heavy atom. The number of aromatic nitrogens is 3. The number of hydrogen-bond acceptors (Lipinski definition) is 2. The van der Waals surface area contributed by atoms with Gasteiger partial charge < -0.3 is 0 Å². The van der Waals surface area contributed by atoms with Crippen molar-refractivity contribution in [3.63, 3.8) is 0 Å². The molecular weight excluding hydrogens is 571 g/mol. The van der Waals surface area contributed by atoms with Crippen molar-refractivity contribution in [3.8, 4) is 39.6 Å². The predicted octanol–water partition coefficient (Wildman–Crippen LogP) is 10.9. The van der Waals surface area contributed by atoms with E-state index in [2.05, 4.69) is 146 Å². The fraction of sp³-hybridized carbons (Fsp3) is 0.0909. The standard InChI is InChI=1S/C44H31N3/c1-44(2)36-22-11-9-19-30(36)33-24-29-18-13-21-32-40(29)35(41(33)44)25-34-31-20-10-12-23-39(31)47(42(32)34)43-45-37(27-14-5-3-6-15-27)26-38(46-43)28-16-7-4-8-17-28/h3-17,19-26H,18H2,1-2H3. The van der Waals surface area contributed by atoms with Crippen molar-refractivity contribution in [2.75, 3.05) is 0 Å². The van der Waals surface area contributed by atoms with Gasteiger partial charge >= 0.3 is 0 Å². The van der Waals surface area contributed by atoms with Crippen molar-refractivity contribution >= 4 is 38.7 Å². The minimum absolute atomic E-state index is 0.105. The zero-order chi connectivity index (χ0) is 31.3. The molecule has 3 heteroatoms. The molecule has 0 unspecified atom stereocenters. The third kappa shape index (κ3) is 3.68. The SMILES string of the molecule is CC1(C)c2ccccc2-c2cc3c4c(c5c(cc4c21)c1ccccc1n5-c1nc(-c2ccccc2)cc(-c2ccccc2)n1)C=CC3. The molecule has 10 rings (SSSR count). The Hall–Kier alpha value is -5.80. The van der Waals surface area contributed by atoms with Crippen molar-refractivity contribution in [1.82, 2.24) is 14.5 Å². The molecule has 0 spiro atoms. The van der Waals surface area contributed by atoms with Crippen molar-refractivity contribution in [2.24, 2.45) is 0 Å². The molecule has 0 fully saturated rings. The van der Waals surface area contributed by atoms with Crippen LogP contribution in [0.15, 0.2) is 133 Å². The van der Waals surface area contributed by atoms with Gasteiger partial charge in [-0.2, -0.15) is 0 Å². The van der Waals surface area contributed by atoms with Gasteiger partial charge in [0.2, 0.25) is 5.95 Å². The highest BCUT2D eigenvalue weighted by Crippen LogP contribution is 2.54. The van der Waals surface area contributed by atoms with Crippen LogP contribution in [0, 0.1) is 0 Å². The van der Waals surface area contributed by atoms with E-state index in [0.29, 0.717) is 5.95 Å². The van der Waals surface area contributed by atoms with Crippen LogP contribution in [-0.2, 0) is 11.8 Å². The molecule has 3 nitrogen and oxygen atoms in total. The molecule has 0 amide bonds. The first-order chi connectivity index (χ1) is 23.1. The molecule has 0 atom stereocenters. The lowest BCUT2D eigenvalue weighted by Crippen LogP contribution is -2.16. The zero-order valence-electron chi connectivity index (χ0n) is 26.3. The van der Waals surface area contributed by atoms with E-state index < -0.39 is 0 Å². The van der Waals surface area contributed by atoms with Crippen LogP contribution >= 0.6 is 0 Å². The van der Waals surface area contributed by atoms with Crippen LogP contribution in [0.5, 0.6) is 0 Å². The van der Waals surface area contributed by atoms with Gasteiger partial charge in [0.25, 0.3) is 0 Å². The lowest BCUT2D eigenvalue weighted by Gasteiger charge is -2.26. The molecule has 2 aliphatic rings. The first kappa shape index (κ1) is 26.4. The van der Waals surface area contributed by atoms with Gasteiger partial charge in [0.1, 0.15) is 0 Å². The Morgan fingerprint density at radius 1 is 0.617 bits per heavy atom. The van der Waals surface area contributed by atoms with E-state index in [-0.39, 0.29) is 5.41 Å². The van der Waals surface area contributed by atoms with E-state index in [0.717, 1.165) is 40.0 Å². The summed E-state index contributed by atoms with van der Waals surface area (Å²) in [5.74, 6) is 0.682. The molecule has 0 radical (unpaired) electrons. The Morgan fingerprint density at radius 3 is 2.02 bits per heavy atom. The van der Waals surface area contributed by atoms with Gasteiger partial charge in [-0.3, -0.25) is 4.57 Å². The topological polar surface area (TPSA) is 30.7 Å². The summed E-state index contributed by atoms with van der Waals surface area (Å²) in [7, 11) is 0. The highest BCUT2D eigenvalue weighted by Gasteiger charge is 2.38. The summed E-state index contributed by atoms with van der Waals surface area (Å²) in [6.45, 7) is 4.78. The molecule has 0 aliphatic heterocycles. The maximum Gasteiger partial charge on any atom is 0.235 e. The maximum absolute atomic E-state index is 5.30. The third-order valence-corrected chi connectivity index (χ3v) is 10.4. The molecule has 0 N–H and O–H groups in total. The van der Waals surface area contributed by atoms with E-state index in [4.69, 9.17) is 9.97 Å². The van der Waals surface area contributed by atoms with Gasteiger partial charge in [0.15, 0.2) is 0 Å². The van der Waals surface area contributed by atoms with Crippen molar-refractivity contribution in [3.05, 3.63) is 156 Å². The van der Waals surface area contributed by atoms with Gasteiger partial charge in [0, 0.05) is 32.9 Å². The molecule has 0 saturated carbocycles. The number of hydrogen-bond donors (Lipinski definition) is 0. The molecule has 47 heavy (non-hydrogen) atoms. The average molecular weight is 602 g/mol.